The van der Waals surface area contributed by atoms with Crippen LogP contribution in [-0.4, -0.2) is 11.7 Å². The first-order valence-corrected chi connectivity index (χ1v) is 3.76. The van der Waals surface area contributed by atoms with Crippen LogP contribution in [0.15, 0.2) is 23.4 Å². The van der Waals surface area contributed by atoms with E-state index in [1.165, 1.54) is 6.92 Å². The average Bonchev–Trinajstić information content (AvgIpc) is 1.79. The van der Waals surface area contributed by atoms with Crippen molar-refractivity contribution in [1.82, 2.24) is 0 Å². The fourth-order valence-corrected chi connectivity index (χ4v) is 1.30. The fourth-order valence-electron chi connectivity index (χ4n) is 1.30. The standard InChI is InChI=1S/C8H11F3N2/c1-7(13)3-5(8(9,10)11)2-6(12)4-7/h2-3H,4,12-13H2,1H3. The third-order valence-electron chi connectivity index (χ3n) is 1.74. The second-order valence-electron chi connectivity index (χ2n) is 3.50. The molecule has 1 atom stereocenters. The highest BCUT2D eigenvalue weighted by molar-refractivity contribution is 5.35. The smallest absolute Gasteiger partial charge is 0.402 e. The first kappa shape index (κ1) is 10.1. The topological polar surface area (TPSA) is 52.0 Å². The van der Waals surface area contributed by atoms with Crippen LogP contribution >= 0.6 is 0 Å². The van der Waals surface area contributed by atoms with Gasteiger partial charge in [0.25, 0.3) is 0 Å². The van der Waals surface area contributed by atoms with Crippen LogP contribution in [0.3, 0.4) is 0 Å². The van der Waals surface area contributed by atoms with Gasteiger partial charge in [0.1, 0.15) is 0 Å². The Morgan fingerprint density at radius 1 is 1.46 bits per heavy atom. The van der Waals surface area contributed by atoms with Crippen LogP contribution in [0.1, 0.15) is 13.3 Å². The minimum Gasteiger partial charge on any atom is -0.402 e. The van der Waals surface area contributed by atoms with Crippen LogP contribution in [0.4, 0.5) is 13.2 Å². The molecule has 2 nitrogen and oxygen atoms in total. The van der Waals surface area contributed by atoms with E-state index in [0.717, 1.165) is 12.2 Å². The molecule has 4 N–H and O–H groups in total. The molecule has 0 radical (unpaired) electrons. The molecule has 1 aliphatic carbocycles. The van der Waals surface area contributed by atoms with Gasteiger partial charge < -0.3 is 11.5 Å². The second kappa shape index (κ2) is 2.77. The first-order valence-electron chi connectivity index (χ1n) is 3.76. The molecule has 0 aromatic rings. The van der Waals surface area contributed by atoms with Gasteiger partial charge in [-0.2, -0.15) is 13.2 Å². The molecular formula is C8H11F3N2. The number of allylic oxidation sites excluding steroid dienone is 2. The zero-order chi connectivity index (χ0) is 10.3. The Bertz CT molecular complexity index is 274. The van der Waals surface area contributed by atoms with E-state index in [9.17, 15) is 13.2 Å². The van der Waals surface area contributed by atoms with E-state index in [2.05, 4.69) is 0 Å². The highest BCUT2D eigenvalue weighted by Gasteiger charge is 2.36. The number of hydrogen-bond acceptors (Lipinski definition) is 2. The van der Waals surface area contributed by atoms with Gasteiger partial charge in [0.15, 0.2) is 0 Å². The van der Waals surface area contributed by atoms with E-state index in [4.69, 9.17) is 11.5 Å². The second-order valence-corrected chi connectivity index (χ2v) is 3.50. The summed E-state index contributed by atoms with van der Waals surface area (Å²) >= 11 is 0. The summed E-state index contributed by atoms with van der Waals surface area (Å²) in [5.74, 6) is 0. The zero-order valence-corrected chi connectivity index (χ0v) is 7.15. The predicted octanol–water partition coefficient (Wildman–Crippen LogP) is 1.44. The summed E-state index contributed by atoms with van der Waals surface area (Å²) < 4.78 is 36.7. The third kappa shape index (κ3) is 2.48. The number of alkyl halides is 3. The molecule has 0 amide bonds. The number of hydrogen-bond donors (Lipinski definition) is 2. The maximum atomic E-state index is 12.2. The van der Waals surface area contributed by atoms with E-state index >= 15 is 0 Å². The first-order chi connectivity index (χ1) is 5.71. The molecule has 0 aromatic carbocycles. The predicted molar refractivity (Wildman–Crippen MR) is 43.6 cm³/mol. The van der Waals surface area contributed by atoms with E-state index < -0.39 is 17.3 Å². The maximum absolute atomic E-state index is 12.2. The minimum absolute atomic E-state index is 0.167. The number of halogens is 3. The van der Waals surface area contributed by atoms with Gasteiger partial charge >= 0.3 is 6.18 Å². The third-order valence-corrected chi connectivity index (χ3v) is 1.74. The summed E-state index contributed by atoms with van der Waals surface area (Å²) in [6, 6.07) is 0. The van der Waals surface area contributed by atoms with Gasteiger partial charge in [-0.3, -0.25) is 0 Å². The summed E-state index contributed by atoms with van der Waals surface area (Å²) in [5.41, 5.74) is 9.30. The van der Waals surface area contributed by atoms with Gasteiger partial charge in [0, 0.05) is 17.7 Å². The fraction of sp³-hybridized carbons (Fsp3) is 0.500. The van der Waals surface area contributed by atoms with Crippen LogP contribution < -0.4 is 11.5 Å². The monoisotopic (exact) mass is 192 g/mol. The molecule has 1 unspecified atom stereocenters. The molecule has 0 spiro atoms. The zero-order valence-electron chi connectivity index (χ0n) is 7.15. The molecule has 0 fully saturated rings. The van der Waals surface area contributed by atoms with Crippen molar-refractivity contribution in [3.8, 4) is 0 Å². The van der Waals surface area contributed by atoms with Crippen LogP contribution in [-0.2, 0) is 0 Å². The van der Waals surface area contributed by atoms with Gasteiger partial charge in [0.2, 0.25) is 0 Å². The molecule has 0 aliphatic heterocycles. The Labute approximate surface area is 74.1 Å². The number of rotatable bonds is 0. The Hall–Kier alpha value is -0.970. The minimum atomic E-state index is -4.37. The normalized spacial score (nSPS) is 29.6. The summed E-state index contributed by atoms with van der Waals surface area (Å²) in [7, 11) is 0. The van der Waals surface area contributed by atoms with E-state index in [1.807, 2.05) is 0 Å². The van der Waals surface area contributed by atoms with Gasteiger partial charge in [-0.25, -0.2) is 0 Å². The molecule has 0 heterocycles. The van der Waals surface area contributed by atoms with Crippen molar-refractivity contribution in [2.45, 2.75) is 25.1 Å². The van der Waals surface area contributed by atoms with Crippen molar-refractivity contribution in [3.05, 3.63) is 23.4 Å². The molecule has 5 heteroatoms. The number of nitrogens with two attached hydrogens (primary N) is 2. The molecule has 1 aliphatic rings. The van der Waals surface area contributed by atoms with E-state index in [0.29, 0.717) is 0 Å². The lowest BCUT2D eigenvalue weighted by molar-refractivity contribution is -0.0891. The van der Waals surface area contributed by atoms with Crippen molar-refractivity contribution >= 4 is 0 Å². The Kier molecular flexibility index (Phi) is 2.15. The van der Waals surface area contributed by atoms with Crippen molar-refractivity contribution in [2.24, 2.45) is 11.5 Å². The lowest BCUT2D eigenvalue weighted by Gasteiger charge is -2.26. The molecule has 0 aromatic heterocycles. The van der Waals surface area contributed by atoms with Gasteiger partial charge in [-0.1, -0.05) is 6.08 Å². The van der Waals surface area contributed by atoms with Crippen molar-refractivity contribution in [1.29, 1.82) is 0 Å². The maximum Gasteiger partial charge on any atom is 0.416 e. The Balaban J connectivity index is 3.04. The van der Waals surface area contributed by atoms with Crippen LogP contribution in [0.2, 0.25) is 0 Å². The molecule has 1 rings (SSSR count). The van der Waals surface area contributed by atoms with Crippen LogP contribution in [0.5, 0.6) is 0 Å². The molecule has 0 saturated carbocycles. The molecule has 74 valence electrons. The highest BCUT2D eigenvalue weighted by atomic mass is 19.4. The molecule has 13 heavy (non-hydrogen) atoms. The molecular weight excluding hydrogens is 181 g/mol. The van der Waals surface area contributed by atoms with Gasteiger partial charge in [-0.05, 0) is 13.0 Å². The Morgan fingerprint density at radius 3 is 2.38 bits per heavy atom. The summed E-state index contributed by atoms with van der Waals surface area (Å²) in [5, 5.41) is 0. The van der Waals surface area contributed by atoms with Crippen molar-refractivity contribution in [2.75, 3.05) is 0 Å². The van der Waals surface area contributed by atoms with E-state index in [-0.39, 0.29) is 12.1 Å². The summed E-state index contributed by atoms with van der Waals surface area (Å²) in [4.78, 5) is 0. The van der Waals surface area contributed by atoms with Gasteiger partial charge in [0.05, 0.1) is 5.57 Å². The largest absolute Gasteiger partial charge is 0.416 e. The Morgan fingerprint density at radius 2 is 2.00 bits per heavy atom. The molecule has 0 bridgehead atoms. The van der Waals surface area contributed by atoms with E-state index in [1.54, 1.807) is 0 Å². The van der Waals surface area contributed by atoms with Crippen LogP contribution in [0.25, 0.3) is 0 Å². The SMILES string of the molecule is CC1(N)C=C(C(F)(F)F)C=C(N)C1. The highest BCUT2D eigenvalue weighted by Crippen LogP contribution is 2.32. The lowest BCUT2D eigenvalue weighted by atomic mass is 9.89. The summed E-state index contributed by atoms with van der Waals surface area (Å²) in [6.07, 6.45) is -2.18. The molecule has 0 saturated heterocycles. The average molecular weight is 192 g/mol. The van der Waals surface area contributed by atoms with Crippen LogP contribution in [0, 0.1) is 0 Å². The lowest BCUT2D eigenvalue weighted by Crippen LogP contribution is -2.38. The quantitative estimate of drug-likeness (QED) is 0.610. The van der Waals surface area contributed by atoms with Crippen molar-refractivity contribution < 1.29 is 13.2 Å². The van der Waals surface area contributed by atoms with Crippen molar-refractivity contribution in [3.63, 3.8) is 0 Å². The summed E-state index contributed by atoms with van der Waals surface area (Å²) in [6.45, 7) is 1.51. The van der Waals surface area contributed by atoms with Gasteiger partial charge in [-0.15, -0.1) is 0 Å².